The van der Waals surface area contributed by atoms with E-state index in [1.807, 2.05) is 0 Å². The summed E-state index contributed by atoms with van der Waals surface area (Å²) in [6, 6.07) is 0. The highest BCUT2D eigenvalue weighted by atomic mass is 16.2. The van der Waals surface area contributed by atoms with E-state index in [2.05, 4.69) is 10.9 Å². The van der Waals surface area contributed by atoms with Crippen molar-refractivity contribution in [3.8, 4) is 0 Å². The van der Waals surface area contributed by atoms with Gasteiger partial charge >= 0.3 is 0 Å². The van der Waals surface area contributed by atoms with Crippen molar-refractivity contribution in [2.45, 2.75) is 6.92 Å². The SMILES string of the molecule is CC(=O)CNNCC(=O)C(=O)CN. The maximum atomic E-state index is 10.8. The molecule has 0 aromatic rings. The maximum Gasteiger partial charge on any atom is 0.214 e. The molecule has 0 aliphatic carbocycles. The highest BCUT2D eigenvalue weighted by Crippen LogP contribution is 1.71. The van der Waals surface area contributed by atoms with Crippen LogP contribution in [0.4, 0.5) is 0 Å². The molecule has 0 spiro atoms. The molecular weight excluding hydrogens is 174 g/mol. The van der Waals surface area contributed by atoms with Crippen LogP contribution in [0.3, 0.4) is 0 Å². The van der Waals surface area contributed by atoms with Gasteiger partial charge in [-0.05, 0) is 6.92 Å². The minimum absolute atomic E-state index is 0.0647. The highest BCUT2D eigenvalue weighted by Gasteiger charge is 2.09. The fraction of sp³-hybridized carbons (Fsp3) is 0.571. The van der Waals surface area contributed by atoms with Gasteiger partial charge in [0.15, 0.2) is 0 Å². The van der Waals surface area contributed by atoms with Gasteiger partial charge in [-0.15, -0.1) is 0 Å². The van der Waals surface area contributed by atoms with Crippen LogP contribution in [0.15, 0.2) is 0 Å². The van der Waals surface area contributed by atoms with Gasteiger partial charge < -0.3 is 5.73 Å². The predicted octanol–water partition coefficient (Wildman–Crippen LogP) is -2.23. The highest BCUT2D eigenvalue weighted by molar-refractivity contribution is 6.38. The van der Waals surface area contributed by atoms with E-state index in [9.17, 15) is 14.4 Å². The first-order valence-electron chi connectivity index (χ1n) is 3.79. The van der Waals surface area contributed by atoms with Gasteiger partial charge in [0.05, 0.1) is 19.6 Å². The Balaban J connectivity index is 3.48. The maximum absolute atomic E-state index is 10.8. The summed E-state index contributed by atoms with van der Waals surface area (Å²) < 4.78 is 0. The Bertz CT molecular complexity index is 215. The Morgan fingerprint density at radius 1 is 1.08 bits per heavy atom. The monoisotopic (exact) mass is 187 g/mol. The molecule has 0 radical (unpaired) electrons. The fourth-order valence-corrected chi connectivity index (χ4v) is 0.542. The van der Waals surface area contributed by atoms with E-state index in [-0.39, 0.29) is 25.4 Å². The van der Waals surface area contributed by atoms with Gasteiger partial charge in [-0.25, -0.2) is 5.43 Å². The van der Waals surface area contributed by atoms with Crippen LogP contribution in [0.5, 0.6) is 0 Å². The number of hydrogen-bond acceptors (Lipinski definition) is 6. The van der Waals surface area contributed by atoms with Crippen LogP contribution >= 0.6 is 0 Å². The van der Waals surface area contributed by atoms with E-state index in [1.165, 1.54) is 6.92 Å². The van der Waals surface area contributed by atoms with Crippen LogP contribution in [0.2, 0.25) is 0 Å². The number of nitrogens with two attached hydrogens (primary N) is 1. The zero-order valence-corrected chi connectivity index (χ0v) is 7.42. The van der Waals surface area contributed by atoms with Crippen molar-refractivity contribution >= 4 is 17.3 Å². The van der Waals surface area contributed by atoms with Crippen LogP contribution in [-0.4, -0.2) is 37.0 Å². The summed E-state index contributed by atoms with van der Waals surface area (Å²) in [5.74, 6) is -1.29. The largest absolute Gasteiger partial charge is 0.324 e. The molecule has 6 nitrogen and oxygen atoms in total. The molecule has 0 bridgehead atoms. The van der Waals surface area contributed by atoms with Gasteiger partial charge in [0.2, 0.25) is 11.6 Å². The summed E-state index contributed by atoms with van der Waals surface area (Å²) >= 11 is 0. The number of ketones is 3. The number of Topliss-reactive ketones (excluding diaryl/α,β-unsaturated/α-hetero) is 3. The fourth-order valence-electron chi connectivity index (χ4n) is 0.542. The van der Waals surface area contributed by atoms with E-state index in [0.717, 1.165) is 0 Å². The summed E-state index contributed by atoms with van der Waals surface area (Å²) in [6.45, 7) is 1.09. The van der Waals surface area contributed by atoms with Crippen LogP contribution in [-0.2, 0) is 14.4 Å². The topological polar surface area (TPSA) is 101 Å². The van der Waals surface area contributed by atoms with E-state index in [4.69, 9.17) is 5.73 Å². The third kappa shape index (κ3) is 6.09. The summed E-state index contributed by atoms with van der Waals surface area (Å²) in [6.07, 6.45) is 0. The molecule has 0 saturated heterocycles. The standard InChI is InChI=1S/C7H13N3O3/c1-5(11)3-9-10-4-7(13)6(12)2-8/h9-10H,2-4,8H2,1H3. The molecule has 0 saturated carbocycles. The number of carbonyl (C=O) groups is 3. The first-order valence-corrected chi connectivity index (χ1v) is 3.79. The molecule has 0 aliphatic rings. The number of carbonyl (C=O) groups excluding carboxylic acids is 3. The second kappa shape index (κ2) is 6.41. The lowest BCUT2D eigenvalue weighted by atomic mass is 10.2. The van der Waals surface area contributed by atoms with Crippen molar-refractivity contribution < 1.29 is 14.4 Å². The predicted molar refractivity (Wildman–Crippen MR) is 45.8 cm³/mol. The van der Waals surface area contributed by atoms with Crippen molar-refractivity contribution in [3.05, 3.63) is 0 Å². The Morgan fingerprint density at radius 3 is 2.08 bits per heavy atom. The molecule has 4 N–H and O–H groups in total. The molecule has 74 valence electrons. The van der Waals surface area contributed by atoms with Crippen LogP contribution < -0.4 is 16.6 Å². The van der Waals surface area contributed by atoms with Gasteiger partial charge in [-0.3, -0.25) is 19.8 Å². The second-order valence-corrected chi connectivity index (χ2v) is 2.46. The zero-order chi connectivity index (χ0) is 10.3. The summed E-state index contributed by atoms with van der Waals surface area (Å²) in [5.41, 5.74) is 9.87. The van der Waals surface area contributed by atoms with Crippen molar-refractivity contribution in [1.29, 1.82) is 0 Å². The number of hydrogen-bond donors (Lipinski definition) is 3. The molecule has 0 fully saturated rings. The van der Waals surface area contributed by atoms with Crippen LogP contribution in [0, 0.1) is 0 Å². The molecular formula is C7H13N3O3. The van der Waals surface area contributed by atoms with Gasteiger partial charge in [0.1, 0.15) is 5.78 Å². The third-order valence-corrected chi connectivity index (χ3v) is 1.21. The van der Waals surface area contributed by atoms with Crippen molar-refractivity contribution in [1.82, 2.24) is 10.9 Å². The average Bonchev–Trinajstić information content (AvgIpc) is 2.10. The molecule has 0 atom stereocenters. The van der Waals surface area contributed by atoms with E-state index < -0.39 is 11.6 Å². The summed E-state index contributed by atoms with van der Waals surface area (Å²) in [5, 5.41) is 0. The molecule has 0 heterocycles. The Labute approximate surface area is 75.8 Å². The molecule has 0 unspecified atom stereocenters. The van der Waals surface area contributed by atoms with Gasteiger partial charge in [0, 0.05) is 0 Å². The van der Waals surface area contributed by atoms with Crippen molar-refractivity contribution in [2.75, 3.05) is 19.6 Å². The molecule has 0 aromatic heterocycles. The number of hydrazine groups is 1. The molecule has 13 heavy (non-hydrogen) atoms. The summed E-state index contributed by atoms with van der Waals surface area (Å²) in [4.78, 5) is 31.8. The lowest BCUT2D eigenvalue weighted by Crippen LogP contribution is -2.41. The van der Waals surface area contributed by atoms with Crippen molar-refractivity contribution in [2.24, 2.45) is 5.73 Å². The molecule has 0 aliphatic heterocycles. The Kier molecular flexibility index (Phi) is 5.86. The van der Waals surface area contributed by atoms with Gasteiger partial charge in [0.25, 0.3) is 0 Å². The molecule has 0 amide bonds. The minimum Gasteiger partial charge on any atom is -0.324 e. The van der Waals surface area contributed by atoms with E-state index in [1.54, 1.807) is 0 Å². The quantitative estimate of drug-likeness (QED) is 0.237. The van der Waals surface area contributed by atoms with Gasteiger partial charge in [-0.2, -0.15) is 0 Å². The lowest BCUT2D eigenvalue weighted by Gasteiger charge is -2.02. The Morgan fingerprint density at radius 2 is 1.62 bits per heavy atom. The normalized spacial score (nSPS) is 9.69. The zero-order valence-electron chi connectivity index (χ0n) is 7.42. The van der Waals surface area contributed by atoms with Crippen LogP contribution in [0.25, 0.3) is 0 Å². The number of rotatable bonds is 7. The molecule has 0 aromatic carbocycles. The molecule has 6 heteroatoms. The van der Waals surface area contributed by atoms with Gasteiger partial charge in [-0.1, -0.05) is 0 Å². The smallest absolute Gasteiger partial charge is 0.214 e. The minimum atomic E-state index is -0.628. The van der Waals surface area contributed by atoms with E-state index in [0.29, 0.717) is 0 Å². The average molecular weight is 187 g/mol. The third-order valence-electron chi connectivity index (χ3n) is 1.21. The number of nitrogens with one attached hydrogen (secondary N) is 2. The molecule has 0 rings (SSSR count). The summed E-state index contributed by atoms with van der Waals surface area (Å²) in [7, 11) is 0. The van der Waals surface area contributed by atoms with Crippen molar-refractivity contribution in [3.63, 3.8) is 0 Å². The lowest BCUT2D eigenvalue weighted by molar-refractivity contribution is -0.135. The van der Waals surface area contributed by atoms with Crippen LogP contribution in [0.1, 0.15) is 6.92 Å². The Hall–Kier alpha value is -1.11. The first kappa shape index (κ1) is 11.9. The first-order chi connectivity index (χ1) is 6.07. The van der Waals surface area contributed by atoms with E-state index >= 15 is 0 Å². The second-order valence-electron chi connectivity index (χ2n) is 2.46.